The fourth-order valence-corrected chi connectivity index (χ4v) is 9.67. The van der Waals surface area contributed by atoms with Crippen LogP contribution in [0.1, 0.15) is 80.1 Å². The number of nitrogens with zero attached hydrogens (tertiary/aromatic N) is 2. The Balaban J connectivity index is 2.05. The van der Waals surface area contributed by atoms with Crippen LogP contribution in [0.4, 0.5) is 0 Å². The van der Waals surface area contributed by atoms with Gasteiger partial charge in [0.25, 0.3) is 0 Å². The van der Waals surface area contributed by atoms with Gasteiger partial charge in [-0.3, -0.25) is 14.4 Å². The van der Waals surface area contributed by atoms with Crippen LogP contribution in [0.3, 0.4) is 0 Å². The molecule has 2 amide bonds. The first-order chi connectivity index (χ1) is 17.7. The summed E-state index contributed by atoms with van der Waals surface area (Å²) < 4.78 is 4.49. The van der Waals surface area contributed by atoms with E-state index in [1.54, 1.807) is 28.8 Å². The molecule has 38 heavy (non-hydrogen) atoms. The van der Waals surface area contributed by atoms with Gasteiger partial charge in [0.15, 0.2) is 0 Å². The predicted octanol–water partition coefficient (Wildman–Crippen LogP) is 4.59. The largest absolute Gasteiger partial charge is 0.465 e. The summed E-state index contributed by atoms with van der Waals surface area (Å²) >= 11 is 1.66. The number of carbonyl (C=O) groups is 3. The van der Waals surface area contributed by atoms with Crippen LogP contribution in [0.5, 0.6) is 0 Å². The van der Waals surface area contributed by atoms with Gasteiger partial charge in [-0.05, 0) is 64.7 Å². The second kappa shape index (κ2) is 11.4. The lowest BCUT2D eigenvalue weighted by Crippen LogP contribution is -2.60. The summed E-state index contributed by atoms with van der Waals surface area (Å²) in [4.78, 5) is 45.9. The van der Waals surface area contributed by atoms with E-state index in [0.717, 1.165) is 12.8 Å². The van der Waals surface area contributed by atoms with Gasteiger partial charge >= 0.3 is 5.97 Å². The number of amides is 2. The molecule has 8 heteroatoms. The number of likely N-dealkylation sites (tertiary alicyclic amines) is 1. The molecular weight excluding hydrogens is 500 g/mol. The summed E-state index contributed by atoms with van der Waals surface area (Å²) in [5, 5.41) is 9.41. The van der Waals surface area contributed by atoms with E-state index in [1.807, 2.05) is 4.90 Å². The minimum Gasteiger partial charge on any atom is -0.465 e. The average Bonchev–Trinajstić information content (AvgIpc) is 3.36. The van der Waals surface area contributed by atoms with Crippen molar-refractivity contribution in [3.05, 3.63) is 25.3 Å². The zero-order valence-electron chi connectivity index (χ0n) is 24.3. The number of ether oxygens (including phenoxy) is 1. The molecule has 2 bridgehead atoms. The Morgan fingerprint density at radius 1 is 1.18 bits per heavy atom. The molecule has 3 aliphatic rings. The molecule has 3 rings (SSSR count). The van der Waals surface area contributed by atoms with Crippen LogP contribution in [-0.2, 0) is 19.1 Å². The third-order valence-corrected chi connectivity index (χ3v) is 10.4. The lowest BCUT2D eigenvalue weighted by atomic mass is 9.66. The molecule has 0 aromatic heterocycles. The maximum atomic E-state index is 14.7. The van der Waals surface area contributed by atoms with Crippen LogP contribution in [0, 0.1) is 17.3 Å². The predicted molar refractivity (Wildman–Crippen MR) is 153 cm³/mol. The highest BCUT2D eigenvalue weighted by Crippen LogP contribution is 2.71. The number of carbonyl (C=O) groups excluding carboxylic acids is 3. The summed E-state index contributed by atoms with van der Waals surface area (Å²) in [5.74, 6) is -1.73. The molecule has 0 saturated carbocycles. The van der Waals surface area contributed by atoms with Crippen molar-refractivity contribution in [1.82, 2.24) is 9.80 Å². The van der Waals surface area contributed by atoms with Crippen LogP contribution in [0.2, 0.25) is 0 Å². The number of aliphatic hydroxyl groups excluding tert-OH is 1. The fraction of sp³-hybridized carbons (Fsp3) is 0.767. The Kier molecular flexibility index (Phi) is 9.19. The second-order valence-electron chi connectivity index (χ2n) is 13.2. The molecule has 1 spiro atoms. The number of unbranched alkanes of at least 4 members (excludes halogenated alkanes) is 1. The molecule has 2 unspecified atom stereocenters. The number of fused-ring (bicyclic) bond motifs is 1. The number of esters is 1. The van der Waals surface area contributed by atoms with E-state index in [2.05, 4.69) is 54.7 Å². The van der Waals surface area contributed by atoms with Crippen molar-refractivity contribution >= 4 is 29.5 Å². The van der Waals surface area contributed by atoms with Gasteiger partial charge in [-0.1, -0.05) is 32.9 Å². The topological polar surface area (TPSA) is 87.1 Å². The Morgan fingerprint density at radius 2 is 1.87 bits per heavy atom. The number of thioether (sulfide) groups is 1. The first-order valence-corrected chi connectivity index (χ1v) is 14.8. The monoisotopic (exact) mass is 548 g/mol. The fourth-order valence-electron chi connectivity index (χ4n) is 7.34. The molecule has 0 aromatic rings. The Labute approximate surface area is 233 Å². The first-order valence-electron chi connectivity index (χ1n) is 14.0. The standard InChI is InChI=1S/C30H48N2O5S/c1-9-11-19-37-26(36)22-21-24(34)31(17-12-13-18-33)23(30(21)15-14-29(22,8)38-30)25(35)32(16-10-2)28(6,7)20-27(3,4)5/h9-10,21-23,33H,1-2,11-20H2,3-8H3/t21-,22-,23?,29+,30?/m0/s1. The quantitative estimate of drug-likeness (QED) is 0.206. The van der Waals surface area contributed by atoms with Gasteiger partial charge in [0.2, 0.25) is 11.8 Å². The second-order valence-corrected chi connectivity index (χ2v) is 15.1. The van der Waals surface area contributed by atoms with Gasteiger partial charge in [-0.25, -0.2) is 0 Å². The molecule has 7 nitrogen and oxygen atoms in total. The van der Waals surface area contributed by atoms with E-state index in [-0.39, 0.29) is 36.4 Å². The number of aliphatic hydroxyl groups is 1. The molecule has 0 aliphatic carbocycles. The van der Waals surface area contributed by atoms with Crippen LogP contribution in [0.15, 0.2) is 25.3 Å². The van der Waals surface area contributed by atoms with Crippen LogP contribution < -0.4 is 0 Å². The number of hydrogen-bond donors (Lipinski definition) is 1. The van der Waals surface area contributed by atoms with Crippen molar-refractivity contribution < 1.29 is 24.2 Å². The molecule has 3 aliphatic heterocycles. The molecule has 5 atom stereocenters. The molecule has 0 aromatic carbocycles. The Bertz CT molecular complexity index is 943. The lowest BCUT2D eigenvalue weighted by molar-refractivity contribution is -0.155. The summed E-state index contributed by atoms with van der Waals surface area (Å²) in [7, 11) is 0. The molecule has 1 N–H and O–H groups in total. The lowest BCUT2D eigenvalue weighted by Gasteiger charge is -2.46. The van der Waals surface area contributed by atoms with Gasteiger partial charge in [0.05, 0.1) is 23.2 Å². The van der Waals surface area contributed by atoms with E-state index in [9.17, 15) is 19.5 Å². The number of hydrogen-bond acceptors (Lipinski definition) is 6. The summed E-state index contributed by atoms with van der Waals surface area (Å²) in [6.45, 7) is 21.4. The molecule has 3 heterocycles. The SMILES string of the molecule is C=CCCOC(=O)[C@@H]1[C@H]2C(=O)N(CCCCO)C(C(=O)N(CC=C)C(C)(C)CC(C)(C)C)C23CC[C@@]1(C)S3. The summed E-state index contributed by atoms with van der Waals surface area (Å²) in [6, 6.07) is -0.671. The molecule has 3 saturated heterocycles. The maximum Gasteiger partial charge on any atom is 0.311 e. The zero-order chi connectivity index (χ0) is 28.5. The minimum atomic E-state index is -0.679. The third-order valence-electron chi connectivity index (χ3n) is 8.41. The number of rotatable bonds is 13. The maximum absolute atomic E-state index is 14.7. The highest BCUT2D eigenvalue weighted by atomic mass is 32.2. The van der Waals surface area contributed by atoms with Gasteiger partial charge < -0.3 is 19.6 Å². The highest BCUT2D eigenvalue weighted by molar-refractivity contribution is 8.02. The smallest absolute Gasteiger partial charge is 0.311 e. The molecular formula is C30H48N2O5S. The van der Waals surface area contributed by atoms with Crippen LogP contribution in [-0.4, -0.2) is 80.1 Å². The van der Waals surface area contributed by atoms with Gasteiger partial charge in [-0.15, -0.1) is 24.9 Å². The van der Waals surface area contributed by atoms with Gasteiger partial charge in [0, 0.05) is 30.0 Å². The normalized spacial score (nSPS) is 30.3. The van der Waals surface area contributed by atoms with Crippen molar-refractivity contribution in [3.8, 4) is 0 Å². The van der Waals surface area contributed by atoms with E-state index in [1.165, 1.54) is 0 Å². The highest BCUT2D eigenvalue weighted by Gasteiger charge is 2.77. The molecule has 0 radical (unpaired) electrons. The van der Waals surface area contributed by atoms with Crippen molar-refractivity contribution in [1.29, 1.82) is 0 Å². The minimum absolute atomic E-state index is 0.00927. The van der Waals surface area contributed by atoms with E-state index in [0.29, 0.717) is 38.8 Å². The van der Waals surface area contributed by atoms with E-state index in [4.69, 9.17) is 4.74 Å². The van der Waals surface area contributed by atoms with Gasteiger partial charge in [-0.2, -0.15) is 0 Å². The molecule has 214 valence electrons. The Hall–Kier alpha value is -1.80. The molecule has 3 fully saturated rings. The average molecular weight is 549 g/mol. The van der Waals surface area contributed by atoms with Crippen molar-refractivity contribution in [2.24, 2.45) is 17.3 Å². The van der Waals surface area contributed by atoms with Crippen molar-refractivity contribution in [2.45, 2.75) is 101 Å². The van der Waals surface area contributed by atoms with E-state index >= 15 is 0 Å². The van der Waals surface area contributed by atoms with Crippen molar-refractivity contribution in [3.63, 3.8) is 0 Å². The zero-order valence-corrected chi connectivity index (χ0v) is 25.1. The summed E-state index contributed by atoms with van der Waals surface area (Å²) in [5.41, 5.74) is -0.475. The Morgan fingerprint density at radius 3 is 2.45 bits per heavy atom. The van der Waals surface area contributed by atoms with Crippen molar-refractivity contribution in [2.75, 3.05) is 26.3 Å². The van der Waals surface area contributed by atoms with Gasteiger partial charge in [0.1, 0.15) is 6.04 Å². The first kappa shape index (κ1) is 30.7. The van der Waals surface area contributed by atoms with Crippen LogP contribution in [0.25, 0.3) is 0 Å². The summed E-state index contributed by atoms with van der Waals surface area (Å²) in [6.07, 6.45) is 7.40. The third kappa shape index (κ3) is 5.58. The van der Waals surface area contributed by atoms with Crippen LogP contribution >= 0.6 is 11.8 Å². The van der Waals surface area contributed by atoms with E-state index < -0.39 is 32.9 Å².